The molecule has 0 saturated carbocycles. The van der Waals surface area contributed by atoms with Crippen molar-refractivity contribution in [3.05, 3.63) is 48.3 Å². The summed E-state index contributed by atoms with van der Waals surface area (Å²) >= 11 is 0. The topological polar surface area (TPSA) is 56.7 Å². The van der Waals surface area contributed by atoms with Gasteiger partial charge in [0.25, 0.3) is 0 Å². The summed E-state index contributed by atoms with van der Waals surface area (Å²) in [5.41, 5.74) is 7.79. The van der Waals surface area contributed by atoms with E-state index in [0.29, 0.717) is 0 Å². The van der Waals surface area contributed by atoms with E-state index in [-0.39, 0.29) is 6.04 Å². The van der Waals surface area contributed by atoms with E-state index in [2.05, 4.69) is 9.97 Å². The van der Waals surface area contributed by atoms with Crippen molar-refractivity contribution in [2.75, 3.05) is 0 Å². The second kappa shape index (κ2) is 4.90. The first kappa shape index (κ1) is 10.8. The van der Waals surface area contributed by atoms with Gasteiger partial charge in [-0.2, -0.15) is 0 Å². The van der Waals surface area contributed by atoms with Crippen LogP contribution in [0.4, 0.5) is 0 Å². The second-order valence-corrected chi connectivity index (χ2v) is 4.04. The Morgan fingerprint density at radius 2 is 2.19 bits per heavy atom. The molecule has 4 nitrogen and oxygen atoms in total. The highest BCUT2D eigenvalue weighted by Gasteiger charge is 2.02. The molecule has 84 valence electrons. The highest BCUT2D eigenvalue weighted by Crippen LogP contribution is 2.03. The summed E-state index contributed by atoms with van der Waals surface area (Å²) in [6.45, 7) is 2.74. The van der Waals surface area contributed by atoms with Gasteiger partial charge in [-0.1, -0.05) is 6.07 Å². The van der Waals surface area contributed by atoms with Gasteiger partial charge in [-0.05, 0) is 19.1 Å². The summed E-state index contributed by atoms with van der Waals surface area (Å²) < 4.78 is 2.03. The number of pyridine rings is 1. The molecule has 0 aliphatic carbocycles. The Balaban J connectivity index is 2.03. The first-order valence-electron chi connectivity index (χ1n) is 5.40. The van der Waals surface area contributed by atoms with E-state index < -0.39 is 0 Å². The van der Waals surface area contributed by atoms with Crippen molar-refractivity contribution in [2.45, 2.75) is 25.9 Å². The third-order valence-electron chi connectivity index (χ3n) is 2.29. The number of hydrogen-bond donors (Lipinski definition) is 1. The zero-order valence-corrected chi connectivity index (χ0v) is 9.37. The third kappa shape index (κ3) is 2.90. The monoisotopic (exact) mass is 216 g/mol. The van der Waals surface area contributed by atoms with Gasteiger partial charge in [0.1, 0.15) is 0 Å². The van der Waals surface area contributed by atoms with E-state index in [9.17, 15) is 0 Å². The van der Waals surface area contributed by atoms with Gasteiger partial charge in [-0.25, -0.2) is 4.98 Å². The molecule has 0 spiro atoms. The molecule has 2 heterocycles. The van der Waals surface area contributed by atoms with Crippen LogP contribution in [0.2, 0.25) is 0 Å². The maximum atomic E-state index is 5.72. The first-order chi connectivity index (χ1) is 7.74. The smallest absolute Gasteiger partial charge is 0.0953 e. The van der Waals surface area contributed by atoms with Gasteiger partial charge in [0.15, 0.2) is 0 Å². The number of aromatic nitrogens is 3. The fourth-order valence-corrected chi connectivity index (χ4v) is 1.61. The van der Waals surface area contributed by atoms with Gasteiger partial charge in [0.2, 0.25) is 0 Å². The van der Waals surface area contributed by atoms with Crippen LogP contribution in [-0.4, -0.2) is 20.6 Å². The van der Waals surface area contributed by atoms with Crippen LogP contribution in [0.3, 0.4) is 0 Å². The lowest BCUT2D eigenvalue weighted by molar-refractivity contribution is 0.722. The highest BCUT2D eigenvalue weighted by atomic mass is 15.0. The van der Waals surface area contributed by atoms with E-state index in [1.165, 1.54) is 0 Å². The number of imidazole rings is 1. The molecule has 2 aromatic heterocycles. The van der Waals surface area contributed by atoms with Crippen LogP contribution in [0.25, 0.3) is 0 Å². The van der Waals surface area contributed by atoms with Crippen molar-refractivity contribution in [1.29, 1.82) is 0 Å². The van der Waals surface area contributed by atoms with Crippen LogP contribution in [0, 0.1) is 0 Å². The number of nitrogens with two attached hydrogens (primary N) is 1. The summed E-state index contributed by atoms with van der Waals surface area (Å²) in [5.74, 6) is 0. The summed E-state index contributed by atoms with van der Waals surface area (Å²) in [6.07, 6.45) is 6.47. The molecule has 2 rings (SSSR count). The van der Waals surface area contributed by atoms with Crippen LogP contribution in [0.15, 0.2) is 36.9 Å². The predicted octanol–water partition coefficient (Wildman–Crippen LogP) is 1.22. The predicted molar refractivity (Wildman–Crippen MR) is 62.9 cm³/mol. The second-order valence-electron chi connectivity index (χ2n) is 4.04. The molecule has 0 bridgehead atoms. The normalized spacial score (nSPS) is 12.6. The highest BCUT2D eigenvalue weighted by molar-refractivity contribution is 5.06. The largest absolute Gasteiger partial charge is 0.331 e. The Kier molecular flexibility index (Phi) is 3.31. The maximum absolute atomic E-state index is 5.72. The molecule has 0 fully saturated rings. The van der Waals surface area contributed by atoms with E-state index >= 15 is 0 Å². The van der Waals surface area contributed by atoms with Crippen LogP contribution < -0.4 is 5.73 Å². The molecule has 0 aliphatic heterocycles. The Morgan fingerprint density at radius 3 is 2.88 bits per heavy atom. The molecule has 0 saturated heterocycles. The van der Waals surface area contributed by atoms with Crippen molar-refractivity contribution in [2.24, 2.45) is 5.73 Å². The summed E-state index contributed by atoms with van der Waals surface area (Å²) in [5, 5.41) is 0. The Morgan fingerprint density at radius 1 is 1.31 bits per heavy atom. The fourth-order valence-electron chi connectivity index (χ4n) is 1.61. The molecule has 0 aliphatic rings. The minimum Gasteiger partial charge on any atom is -0.331 e. The van der Waals surface area contributed by atoms with Crippen molar-refractivity contribution < 1.29 is 0 Å². The fraction of sp³-hybridized carbons (Fsp3) is 0.333. The minimum atomic E-state index is 0.151. The van der Waals surface area contributed by atoms with Crippen molar-refractivity contribution in [3.63, 3.8) is 0 Å². The quantitative estimate of drug-likeness (QED) is 0.836. The molecule has 16 heavy (non-hydrogen) atoms. The standard InChI is InChI=1S/C12H16N4/c1-10(13)6-12-8-16(9-15-12)7-11-4-2-3-5-14-11/h2-5,8-10H,6-7,13H2,1H3. The van der Waals surface area contributed by atoms with Crippen molar-refractivity contribution in [3.8, 4) is 0 Å². The van der Waals surface area contributed by atoms with Crippen LogP contribution in [-0.2, 0) is 13.0 Å². The van der Waals surface area contributed by atoms with E-state index in [1.54, 1.807) is 6.20 Å². The summed E-state index contributed by atoms with van der Waals surface area (Å²) in [4.78, 5) is 8.58. The van der Waals surface area contributed by atoms with Gasteiger partial charge in [-0.15, -0.1) is 0 Å². The minimum absolute atomic E-state index is 0.151. The maximum Gasteiger partial charge on any atom is 0.0953 e. The molecule has 0 amide bonds. The average Bonchev–Trinajstić information content (AvgIpc) is 2.66. The summed E-state index contributed by atoms with van der Waals surface area (Å²) in [6, 6.07) is 6.06. The van der Waals surface area contributed by atoms with Gasteiger partial charge < -0.3 is 10.3 Å². The van der Waals surface area contributed by atoms with Crippen LogP contribution >= 0.6 is 0 Å². The molecule has 2 aromatic rings. The molecule has 1 atom stereocenters. The number of nitrogens with zero attached hydrogens (tertiary/aromatic N) is 3. The van der Waals surface area contributed by atoms with E-state index in [4.69, 9.17) is 5.73 Å². The third-order valence-corrected chi connectivity index (χ3v) is 2.29. The molecule has 0 aromatic carbocycles. The van der Waals surface area contributed by atoms with Crippen molar-refractivity contribution >= 4 is 0 Å². The van der Waals surface area contributed by atoms with Gasteiger partial charge in [0, 0.05) is 24.9 Å². The Hall–Kier alpha value is -1.68. The molecule has 0 radical (unpaired) electrons. The van der Waals surface area contributed by atoms with Crippen molar-refractivity contribution in [1.82, 2.24) is 14.5 Å². The Labute approximate surface area is 95.1 Å². The lowest BCUT2D eigenvalue weighted by Gasteiger charge is -2.01. The van der Waals surface area contributed by atoms with Crippen LogP contribution in [0.1, 0.15) is 18.3 Å². The zero-order chi connectivity index (χ0) is 11.4. The number of rotatable bonds is 4. The molecule has 1 unspecified atom stereocenters. The van der Waals surface area contributed by atoms with Gasteiger partial charge >= 0.3 is 0 Å². The average molecular weight is 216 g/mol. The SMILES string of the molecule is CC(N)Cc1cn(Cc2ccccn2)cn1. The lowest BCUT2D eigenvalue weighted by atomic mass is 10.2. The van der Waals surface area contributed by atoms with Crippen LogP contribution in [0.5, 0.6) is 0 Å². The van der Waals surface area contributed by atoms with E-state index in [0.717, 1.165) is 24.4 Å². The first-order valence-corrected chi connectivity index (χ1v) is 5.40. The zero-order valence-electron chi connectivity index (χ0n) is 9.37. The van der Waals surface area contributed by atoms with E-state index in [1.807, 2.05) is 42.2 Å². The Bertz CT molecular complexity index is 433. The van der Waals surface area contributed by atoms with Gasteiger partial charge in [0.05, 0.1) is 24.3 Å². The lowest BCUT2D eigenvalue weighted by Crippen LogP contribution is -2.17. The molecular formula is C12H16N4. The molecule has 2 N–H and O–H groups in total. The summed E-state index contributed by atoms with van der Waals surface area (Å²) in [7, 11) is 0. The van der Waals surface area contributed by atoms with Gasteiger partial charge in [-0.3, -0.25) is 4.98 Å². The molecular weight excluding hydrogens is 200 g/mol. The number of hydrogen-bond acceptors (Lipinski definition) is 3. The molecule has 4 heteroatoms.